The summed E-state index contributed by atoms with van der Waals surface area (Å²) < 4.78 is 1.43. The summed E-state index contributed by atoms with van der Waals surface area (Å²) in [5.74, 6) is 0.316. The minimum Gasteiger partial charge on any atom is -0.369 e. The van der Waals surface area contributed by atoms with E-state index >= 15 is 0 Å². The number of hydrogen-bond donors (Lipinski definition) is 1. The Morgan fingerprint density at radius 2 is 1.80 bits per heavy atom. The molecule has 1 amide bonds. The van der Waals surface area contributed by atoms with Crippen molar-refractivity contribution in [2.45, 2.75) is 15.6 Å². The van der Waals surface area contributed by atoms with Crippen molar-refractivity contribution in [1.82, 2.24) is 10.2 Å². The summed E-state index contributed by atoms with van der Waals surface area (Å²) >= 11 is 3.97. The van der Waals surface area contributed by atoms with Crippen LogP contribution in [0, 0.1) is 0 Å². The fourth-order valence-corrected chi connectivity index (χ4v) is 3.17. The van der Waals surface area contributed by atoms with E-state index < -0.39 is 0 Å². The average Bonchev–Trinajstić information content (AvgIpc) is 2.59. The van der Waals surface area contributed by atoms with E-state index in [1.54, 1.807) is 0 Å². The second-order valence-electron chi connectivity index (χ2n) is 2.58. The molecule has 1 aromatic rings. The SMILES string of the molecule is CC(=O)CSc1nnc(SCC(N)=O)s1. The van der Waals surface area contributed by atoms with Crippen LogP contribution in [0.4, 0.5) is 0 Å². The van der Waals surface area contributed by atoms with Crippen LogP contribution >= 0.6 is 34.9 Å². The van der Waals surface area contributed by atoms with Crippen LogP contribution in [0.5, 0.6) is 0 Å². The predicted molar refractivity (Wildman–Crippen MR) is 61.2 cm³/mol. The molecule has 1 aromatic heterocycles. The van der Waals surface area contributed by atoms with Crippen molar-refractivity contribution in [1.29, 1.82) is 0 Å². The van der Waals surface area contributed by atoms with E-state index in [1.165, 1.54) is 41.8 Å². The van der Waals surface area contributed by atoms with E-state index in [0.29, 0.717) is 10.1 Å². The molecular formula is C7H9N3O2S3. The van der Waals surface area contributed by atoms with Crippen LogP contribution in [-0.4, -0.2) is 33.4 Å². The average molecular weight is 263 g/mol. The molecule has 82 valence electrons. The number of rotatable bonds is 6. The summed E-state index contributed by atoms with van der Waals surface area (Å²) in [7, 11) is 0. The number of carbonyl (C=O) groups is 2. The summed E-state index contributed by atoms with van der Waals surface area (Å²) in [6.07, 6.45) is 0. The number of ketones is 1. The van der Waals surface area contributed by atoms with Gasteiger partial charge in [0.15, 0.2) is 8.68 Å². The molecule has 0 saturated heterocycles. The monoisotopic (exact) mass is 263 g/mol. The van der Waals surface area contributed by atoms with Crippen LogP contribution < -0.4 is 5.73 Å². The zero-order valence-electron chi connectivity index (χ0n) is 7.93. The second kappa shape index (κ2) is 6.09. The van der Waals surface area contributed by atoms with Crippen LogP contribution in [-0.2, 0) is 9.59 Å². The van der Waals surface area contributed by atoms with Crippen LogP contribution in [0.2, 0.25) is 0 Å². The predicted octanol–water partition coefficient (Wildman–Crippen LogP) is 0.797. The lowest BCUT2D eigenvalue weighted by Gasteiger charge is -1.90. The molecule has 0 aromatic carbocycles. The van der Waals surface area contributed by atoms with Crippen molar-refractivity contribution in [2.75, 3.05) is 11.5 Å². The van der Waals surface area contributed by atoms with E-state index in [4.69, 9.17) is 5.73 Å². The quantitative estimate of drug-likeness (QED) is 0.764. The van der Waals surface area contributed by atoms with E-state index in [0.717, 1.165) is 4.34 Å². The zero-order chi connectivity index (χ0) is 11.3. The van der Waals surface area contributed by atoms with E-state index in [9.17, 15) is 9.59 Å². The molecule has 0 aliphatic heterocycles. The number of carbonyl (C=O) groups excluding carboxylic acids is 2. The first-order valence-corrected chi connectivity index (χ1v) is 6.73. The Kier molecular flexibility index (Phi) is 5.06. The summed E-state index contributed by atoms with van der Waals surface area (Å²) in [5.41, 5.74) is 4.99. The molecule has 8 heteroatoms. The van der Waals surface area contributed by atoms with Gasteiger partial charge in [0.25, 0.3) is 0 Å². The summed E-state index contributed by atoms with van der Waals surface area (Å²) in [4.78, 5) is 21.2. The third kappa shape index (κ3) is 5.14. The van der Waals surface area contributed by atoms with Gasteiger partial charge in [0.1, 0.15) is 5.78 Å². The highest BCUT2D eigenvalue weighted by molar-refractivity contribution is 8.03. The molecule has 0 saturated carbocycles. The molecule has 0 aliphatic rings. The lowest BCUT2D eigenvalue weighted by Crippen LogP contribution is -2.12. The zero-order valence-corrected chi connectivity index (χ0v) is 10.4. The minimum atomic E-state index is -0.381. The molecule has 0 radical (unpaired) electrons. The van der Waals surface area contributed by atoms with Gasteiger partial charge in [-0.25, -0.2) is 0 Å². The van der Waals surface area contributed by atoms with Gasteiger partial charge in [-0.3, -0.25) is 9.59 Å². The second-order valence-corrected chi connectivity index (χ2v) is 6.00. The molecule has 1 heterocycles. The highest BCUT2D eigenvalue weighted by Crippen LogP contribution is 2.28. The number of primary amides is 1. The molecule has 5 nitrogen and oxygen atoms in total. The van der Waals surface area contributed by atoms with E-state index in [2.05, 4.69) is 10.2 Å². The van der Waals surface area contributed by atoms with E-state index in [-0.39, 0.29) is 17.4 Å². The van der Waals surface area contributed by atoms with Crippen molar-refractivity contribution in [3.8, 4) is 0 Å². The standard InChI is InChI=1S/C7H9N3O2S3/c1-4(11)2-13-6-9-10-7(15-6)14-3-5(8)12/h2-3H2,1H3,(H2,8,12). The van der Waals surface area contributed by atoms with Gasteiger partial charge in [-0.1, -0.05) is 34.9 Å². The fraction of sp³-hybridized carbons (Fsp3) is 0.429. The van der Waals surface area contributed by atoms with Crippen molar-refractivity contribution in [3.05, 3.63) is 0 Å². The maximum absolute atomic E-state index is 10.7. The maximum atomic E-state index is 10.7. The van der Waals surface area contributed by atoms with Crippen LogP contribution in [0.3, 0.4) is 0 Å². The first-order chi connectivity index (χ1) is 7.08. The molecule has 0 atom stereocenters. The highest BCUT2D eigenvalue weighted by Gasteiger charge is 2.07. The topological polar surface area (TPSA) is 85.9 Å². The number of hydrogen-bond acceptors (Lipinski definition) is 7. The lowest BCUT2D eigenvalue weighted by molar-refractivity contribution is -0.116. The van der Waals surface area contributed by atoms with Gasteiger partial charge in [-0.05, 0) is 6.92 Å². The highest BCUT2D eigenvalue weighted by atomic mass is 32.2. The molecule has 0 spiro atoms. The smallest absolute Gasteiger partial charge is 0.227 e. The van der Waals surface area contributed by atoms with Crippen molar-refractivity contribution in [3.63, 3.8) is 0 Å². The Balaban J connectivity index is 2.41. The van der Waals surface area contributed by atoms with Gasteiger partial charge in [0.05, 0.1) is 11.5 Å². The number of thioether (sulfide) groups is 2. The van der Waals surface area contributed by atoms with Gasteiger partial charge >= 0.3 is 0 Å². The van der Waals surface area contributed by atoms with Crippen molar-refractivity contribution in [2.24, 2.45) is 5.73 Å². The third-order valence-electron chi connectivity index (χ3n) is 1.12. The lowest BCUT2D eigenvalue weighted by atomic mass is 10.5. The van der Waals surface area contributed by atoms with Gasteiger partial charge in [-0.15, -0.1) is 10.2 Å². The summed E-state index contributed by atoms with van der Waals surface area (Å²) in [5, 5.41) is 7.73. The third-order valence-corrected chi connectivity index (χ3v) is 4.48. The van der Waals surface area contributed by atoms with Crippen LogP contribution in [0.15, 0.2) is 8.68 Å². The van der Waals surface area contributed by atoms with Crippen LogP contribution in [0.25, 0.3) is 0 Å². The summed E-state index contributed by atoms with van der Waals surface area (Å²) in [6.45, 7) is 1.52. The molecule has 15 heavy (non-hydrogen) atoms. The maximum Gasteiger partial charge on any atom is 0.227 e. The molecule has 0 fully saturated rings. The molecule has 0 bridgehead atoms. The normalized spacial score (nSPS) is 10.2. The fourth-order valence-electron chi connectivity index (χ4n) is 0.610. The Bertz CT molecular complexity index is 334. The Hall–Kier alpha value is -0.600. The number of amides is 1. The van der Waals surface area contributed by atoms with Gasteiger partial charge in [-0.2, -0.15) is 0 Å². The number of nitrogens with zero attached hydrogens (tertiary/aromatic N) is 2. The van der Waals surface area contributed by atoms with Crippen LogP contribution in [0.1, 0.15) is 6.92 Å². The minimum absolute atomic E-state index is 0.0986. The Morgan fingerprint density at radius 1 is 1.27 bits per heavy atom. The first kappa shape index (κ1) is 12.5. The number of Topliss-reactive ketones (excluding diaryl/α,β-unsaturated/α-hetero) is 1. The Labute approximate surface area is 99.2 Å². The molecule has 2 N–H and O–H groups in total. The van der Waals surface area contributed by atoms with Gasteiger partial charge < -0.3 is 5.73 Å². The molecule has 1 rings (SSSR count). The molecule has 0 unspecified atom stereocenters. The van der Waals surface area contributed by atoms with Crippen molar-refractivity contribution < 1.29 is 9.59 Å². The number of aromatic nitrogens is 2. The molecule has 0 aliphatic carbocycles. The van der Waals surface area contributed by atoms with Gasteiger partial charge in [0, 0.05) is 0 Å². The summed E-state index contributed by atoms with van der Waals surface area (Å²) in [6, 6.07) is 0. The largest absolute Gasteiger partial charge is 0.369 e. The Morgan fingerprint density at radius 3 is 2.27 bits per heavy atom. The van der Waals surface area contributed by atoms with Gasteiger partial charge in [0.2, 0.25) is 5.91 Å². The molecular weight excluding hydrogens is 254 g/mol. The number of nitrogens with two attached hydrogens (primary N) is 1. The van der Waals surface area contributed by atoms with Crippen molar-refractivity contribution >= 4 is 46.6 Å². The van der Waals surface area contributed by atoms with E-state index in [1.807, 2.05) is 0 Å². The first-order valence-electron chi connectivity index (χ1n) is 3.95.